The number of hydrogen-bond donors (Lipinski definition) is 1. The summed E-state index contributed by atoms with van der Waals surface area (Å²) in [6.07, 6.45) is 2.67. The first-order valence-corrected chi connectivity index (χ1v) is 4.60. The second-order valence-corrected chi connectivity index (χ2v) is 3.36. The fourth-order valence-corrected chi connectivity index (χ4v) is 1.40. The van der Waals surface area contributed by atoms with Crippen LogP contribution in [0, 0.1) is 11.8 Å². The first-order chi connectivity index (χ1) is 6.40. The van der Waals surface area contributed by atoms with E-state index in [-0.39, 0.29) is 6.61 Å². The highest BCUT2D eigenvalue weighted by Crippen LogP contribution is 2.39. The first-order valence-electron chi connectivity index (χ1n) is 4.60. The maximum Gasteiger partial charge on any atom is 0.104 e. The molecule has 1 nitrogen and oxygen atoms in total. The van der Waals surface area contributed by atoms with E-state index in [4.69, 9.17) is 5.11 Å². The molecule has 0 aromatic heterocycles. The van der Waals surface area contributed by atoms with Crippen molar-refractivity contribution < 1.29 is 5.11 Å². The Morgan fingerprint density at radius 1 is 1.23 bits per heavy atom. The van der Waals surface area contributed by atoms with E-state index in [9.17, 15) is 0 Å². The minimum Gasteiger partial charge on any atom is -0.384 e. The lowest BCUT2D eigenvalue weighted by Crippen LogP contribution is -1.80. The maximum absolute atomic E-state index is 8.51. The van der Waals surface area contributed by atoms with Gasteiger partial charge in [0.1, 0.15) is 6.61 Å². The van der Waals surface area contributed by atoms with E-state index in [0.717, 1.165) is 11.5 Å². The predicted molar refractivity (Wildman–Crippen MR) is 52.4 cm³/mol. The van der Waals surface area contributed by atoms with Crippen LogP contribution in [0.4, 0.5) is 0 Å². The molecule has 13 heavy (non-hydrogen) atoms. The number of aliphatic hydroxyl groups is 1. The monoisotopic (exact) mass is 172 g/mol. The molecule has 1 aliphatic rings. The van der Waals surface area contributed by atoms with E-state index in [0.29, 0.717) is 0 Å². The van der Waals surface area contributed by atoms with Crippen molar-refractivity contribution in [3.05, 3.63) is 35.4 Å². The van der Waals surface area contributed by atoms with Crippen molar-refractivity contribution in [1.29, 1.82) is 0 Å². The SMILES string of the molecule is OCC#Cc1ccc(C2CC2)cc1. The zero-order valence-electron chi connectivity index (χ0n) is 7.46. The Labute approximate surface area is 78.4 Å². The molecule has 0 bridgehead atoms. The summed E-state index contributed by atoms with van der Waals surface area (Å²) in [5.74, 6) is 6.32. The van der Waals surface area contributed by atoms with Crippen LogP contribution in [0.2, 0.25) is 0 Å². The van der Waals surface area contributed by atoms with E-state index in [1.807, 2.05) is 12.1 Å². The number of benzene rings is 1. The summed E-state index contributed by atoms with van der Waals surface area (Å²) in [5.41, 5.74) is 2.41. The van der Waals surface area contributed by atoms with Gasteiger partial charge >= 0.3 is 0 Å². The molecule has 0 radical (unpaired) electrons. The molecule has 0 aliphatic heterocycles. The molecule has 0 heterocycles. The number of rotatable bonds is 1. The van der Waals surface area contributed by atoms with E-state index >= 15 is 0 Å². The van der Waals surface area contributed by atoms with Gasteiger partial charge in [-0.1, -0.05) is 24.0 Å². The molecule has 0 unspecified atom stereocenters. The average molecular weight is 172 g/mol. The Morgan fingerprint density at radius 3 is 2.46 bits per heavy atom. The Balaban J connectivity index is 2.13. The molecule has 66 valence electrons. The second kappa shape index (κ2) is 3.64. The summed E-state index contributed by atoms with van der Waals surface area (Å²) < 4.78 is 0. The Hall–Kier alpha value is -1.26. The summed E-state index contributed by atoms with van der Waals surface area (Å²) in [5, 5.41) is 8.51. The standard InChI is InChI=1S/C12H12O/c13-9-1-2-10-3-5-11(6-4-10)12-7-8-12/h3-6,12-13H,7-9H2. The van der Waals surface area contributed by atoms with Gasteiger partial charge in [-0.15, -0.1) is 0 Å². The van der Waals surface area contributed by atoms with Gasteiger partial charge in [0.05, 0.1) is 0 Å². The van der Waals surface area contributed by atoms with Crippen LogP contribution < -0.4 is 0 Å². The van der Waals surface area contributed by atoms with Crippen LogP contribution in [-0.2, 0) is 0 Å². The van der Waals surface area contributed by atoms with Gasteiger partial charge in [0, 0.05) is 5.56 Å². The maximum atomic E-state index is 8.51. The van der Waals surface area contributed by atoms with Crippen molar-refractivity contribution >= 4 is 0 Å². The van der Waals surface area contributed by atoms with Gasteiger partial charge in [-0.05, 0) is 36.5 Å². The molecule has 1 N–H and O–H groups in total. The minimum atomic E-state index is -0.0651. The van der Waals surface area contributed by atoms with Crippen molar-refractivity contribution in [2.45, 2.75) is 18.8 Å². The van der Waals surface area contributed by atoms with Crippen LogP contribution >= 0.6 is 0 Å². The number of hydrogen-bond acceptors (Lipinski definition) is 1. The Morgan fingerprint density at radius 2 is 1.92 bits per heavy atom. The van der Waals surface area contributed by atoms with Gasteiger partial charge in [0.25, 0.3) is 0 Å². The third-order valence-corrected chi connectivity index (χ3v) is 2.27. The molecule has 2 rings (SSSR count). The average Bonchev–Trinajstić information content (AvgIpc) is 2.99. The predicted octanol–water partition coefficient (Wildman–Crippen LogP) is 1.91. The molecule has 1 heteroatoms. The smallest absolute Gasteiger partial charge is 0.104 e. The fourth-order valence-electron chi connectivity index (χ4n) is 1.40. The zero-order valence-corrected chi connectivity index (χ0v) is 7.46. The fraction of sp³-hybridized carbons (Fsp3) is 0.333. The third-order valence-electron chi connectivity index (χ3n) is 2.27. The van der Waals surface area contributed by atoms with Crippen molar-refractivity contribution in [1.82, 2.24) is 0 Å². The van der Waals surface area contributed by atoms with Gasteiger partial charge in [0.2, 0.25) is 0 Å². The number of aliphatic hydroxyl groups excluding tert-OH is 1. The van der Waals surface area contributed by atoms with Crippen LogP contribution in [0.1, 0.15) is 29.9 Å². The lowest BCUT2D eigenvalue weighted by molar-refractivity contribution is 0.350. The highest BCUT2D eigenvalue weighted by molar-refractivity contribution is 5.37. The summed E-state index contributed by atoms with van der Waals surface area (Å²) >= 11 is 0. The van der Waals surface area contributed by atoms with E-state index in [1.165, 1.54) is 18.4 Å². The molecule has 1 aromatic carbocycles. The zero-order chi connectivity index (χ0) is 9.10. The first kappa shape index (κ1) is 8.34. The Bertz CT molecular complexity index is 336. The van der Waals surface area contributed by atoms with Crippen LogP contribution in [0.3, 0.4) is 0 Å². The molecular weight excluding hydrogens is 160 g/mol. The van der Waals surface area contributed by atoms with Gasteiger partial charge < -0.3 is 5.11 Å². The lowest BCUT2D eigenvalue weighted by Gasteiger charge is -1.96. The summed E-state index contributed by atoms with van der Waals surface area (Å²) in [7, 11) is 0. The minimum absolute atomic E-state index is 0.0651. The molecule has 1 fully saturated rings. The van der Waals surface area contributed by atoms with E-state index < -0.39 is 0 Å². The van der Waals surface area contributed by atoms with Crippen LogP contribution in [0.15, 0.2) is 24.3 Å². The molecular formula is C12H12O. The van der Waals surface area contributed by atoms with Gasteiger partial charge in [-0.3, -0.25) is 0 Å². The van der Waals surface area contributed by atoms with Crippen LogP contribution in [0.25, 0.3) is 0 Å². The molecule has 0 saturated heterocycles. The van der Waals surface area contributed by atoms with Crippen LogP contribution in [0.5, 0.6) is 0 Å². The quantitative estimate of drug-likeness (QED) is 0.641. The van der Waals surface area contributed by atoms with Gasteiger partial charge in [-0.2, -0.15) is 0 Å². The van der Waals surface area contributed by atoms with Crippen LogP contribution in [-0.4, -0.2) is 11.7 Å². The molecule has 0 amide bonds. The molecule has 1 saturated carbocycles. The highest BCUT2D eigenvalue weighted by Gasteiger charge is 2.22. The van der Waals surface area contributed by atoms with Gasteiger partial charge in [-0.25, -0.2) is 0 Å². The second-order valence-electron chi connectivity index (χ2n) is 3.36. The molecule has 0 spiro atoms. The van der Waals surface area contributed by atoms with Crippen molar-refractivity contribution in [2.24, 2.45) is 0 Å². The van der Waals surface area contributed by atoms with E-state index in [2.05, 4.69) is 24.0 Å². The topological polar surface area (TPSA) is 20.2 Å². The summed E-state index contributed by atoms with van der Waals surface area (Å²) in [4.78, 5) is 0. The van der Waals surface area contributed by atoms with E-state index in [1.54, 1.807) is 0 Å². The summed E-state index contributed by atoms with van der Waals surface area (Å²) in [6.45, 7) is -0.0651. The molecule has 1 aromatic rings. The molecule has 0 atom stereocenters. The highest BCUT2D eigenvalue weighted by atomic mass is 16.2. The molecule has 1 aliphatic carbocycles. The van der Waals surface area contributed by atoms with Crippen molar-refractivity contribution in [3.8, 4) is 11.8 Å². The Kier molecular flexibility index (Phi) is 2.33. The van der Waals surface area contributed by atoms with Crippen molar-refractivity contribution in [2.75, 3.05) is 6.61 Å². The summed E-state index contributed by atoms with van der Waals surface area (Å²) in [6, 6.07) is 8.32. The normalized spacial score (nSPS) is 14.8. The third kappa shape index (κ3) is 2.11. The lowest BCUT2D eigenvalue weighted by atomic mass is 10.1. The van der Waals surface area contributed by atoms with Gasteiger partial charge in [0.15, 0.2) is 0 Å². The van der Waals surface area contributed by atoms with Crippen molar-refractivity contribution in [3.63, 3.8) is 0 Å². The largest absolute Gasteiger partial charge is 0.384 e.